The van der Waals surface area contributed by atoms with Gasteiger partial charge in [0.2, 0.25) is 0 Å². The van der Waals surface area contributed by atoms with Crippen molar-refractivity contribution in [2.24, 2.45) is 0 Å². The lowest BCUT2D eigenvalue weighted by molar-refractivity contribution is 0.887. The first kappa shape index (κ1) is 17.1. The molecule has 24 heavy (non-hydrogen) atoms. The lowest BCUT2D eigenvalue weighted by Crippen LogP contribution is -2.66. The molecule has 0 nitrogen and oxygen atoms in total. The van der Waals surface area contributed by atoms with Crippen LogP contribution in [0, 0.1) is 0 Å². The van der Waals surface area contributed by atoms with Crippen molar-refractivity contribution in [3.63, 3.8) is 0 Å². The number of hydrogen-bond acceptors (Lipinski definition) is 1. The summed E-state index contributed by atoms with van der Waals surface area (Å²) in [4.78, 5) is 0. The normalized spacial score (nSPS) is 11.4. The van der Waals surface area contributed by atoms with Crippen LogP contribution in [-0.4, -0.2) is 13.8 Å². The number of benzene rings is 3. The molecule has 0 saturated heterocycles. The molecule has 0 radical (unpaired) electrons. The summed E-state index contributed by atoms with van der Waals surface area (Å²) in [7, 11) is -2.00. The van der Waals surface area contributed by atoms with Crippen molar-refractivity contribution in [3.05, 3.63) is 91.0 Å². The lowest BCUT2D eigenvalue weighted by atomic mass is 10.3. The first-order valence-corrected chi connectivity index (χ1v) is 11.5. The van der Waals surface area contributed by atoms with Gasteiger partial charge in [-0.05, 0) is 33.8 Å². The fourth-order valence-electron chi connectivity index (χ4n) is 3.60. The molecule has 3 aromatic rings. The van der Waals surface area contributed by atoms with Gasteiger partial charge in [0, 0.05) is 0 Å². The van der Waals surface area contributed by atoms with Crippen molar-refractivity contribution in [2.45, 2.75) is 18.9 Å². The van der Waals surface area contributed by atoms with Crippen LogP contribution < -0.4 is 15.6 Å². The van der Waals surface area contributed by atoms with Gasteiger partial charge in [-0.2, -0.15) is 12.6 Å². The van der Waals surface area contributed by atoms with Crippen LogP contribution in [0.1, 0.15) is 12.8 Å². The van der Waals surface area contributed by atoms with Crippen molar-refractivity contribution in [1.82, 2.24) is 0 Å². The molecule has 0 aliphatic carbocycles. The zero-order chi connectivity index (χ0) is 16.7. The minimum absolute atomic E-state index is 0.961. The molecule has 3 aromatic carbocycles. The van der Waals surface area contributed by atoms with E-state index >= 15 is 0 Å². The van der Waals surface area contributed by atoms with Gasteiger partial charge in [-0.15, -0.1) is 0 Å². The Labute approximate surface area is 152 Å². The zero-order valence-electron chi connectivity index (χ0n) is 13.9. The van der Waals surface area contributed by atoms with Crippen LogP contribution in [0.2, 0.25) is 6.04 Å². The van der Waals surface area contributed by atoms with E-state index in [2.05, 4.69) is 104 Å². The number of hydrogen-bond donors (Lipinski definition) is 1. The molecule has 122 valence electrons. The largest absolute Gasteiger partial charge is 0.179 e. The van der Waals surface area contributed by atoms with E-state index in [0.717, 1.165) is 5.75 Å². The molecular formula is C22H24SSi. The Morgan fingerprint density at radius 1 is 0.542 bits per heavy atom. The Balaban J connectivity index is 2.20. The summed E-state index contributed by atoms with van der Waals surface area (Å²) in [5, 5.41) is 4.50. The average molecular weight is 349 g/mol. The molecule has 0 spiro atoms. The molecule has 0 saturated carbocycles. The SMILES string of the molecule is SCCCC[Si](c1ccccc1)(c1ccccc1)c1ccccc1. The van der Waals surface area contributed by atoms with Gasteiger partial charge in [0.05, 0.1) is 0 Å². The monoisotopic (exact) mass is 348 g/mol. The molecule has 2 heteroatoms. The summed E-state index contributed by atoms with van der Waals surface area (Å²) in [5.41, 5.74) is 0. The minimum Gasteiger partial charge on any atom is -0.179 e. The summed E-state index contributed by atoms with van der Waals surface area (Å²) in [6, 6.07) is 34.6. The van der Waals surface area contributed by atoms with E-state index in [-0.39, 0.29) is 0 Å². The molecular weight excluding hydrogens is 324 g/mol. The first-order chi connectivity index (χ1) is 11.9. The topological polar surface area (TPSA) is 0 Å². The van der Waals surface area contributed by atoms with Gasteiger partial charge in [-0.1, -0.05) is 97.4 Å². The highest BCUT2D eigenvalue weighted by Crippen LogP contribution is 2.16. The van der Waals surface area contributed by atoms with Gasteiger partial charge in [0.25, 0.3) is 0 Å². The third kappa shape index (κ3) is 3.50. The second-order valence-electron chi connectivity index (χ2n) is 6.18. The van der Waals surface area contributed by atoms with Crippen molar-refractivity contribution in [3.8, 4) is 0 Å². The Hall–Kier alpha value is -1.77. The lowest BCUT2D eigenvalue weighted by Gasteiger charge is -2.34. The summed E-state index contributed by atoms with van der Waals surface area (Å²) < 4.78 is 0. The van der Waals surface area contributed by atoms with Crippen molar-refractivity contribution in [2.75, 3.05) is 5.75 Å². The number of unbranched alkanes of at least 4 members (excludes halogenated alkanes) is 1. The molecule has 0 fully saturated rings. The number of thiol groups is 1. The van der Waals surface area contributed by atoms with E-state index in [1.807, 2.05) is 0 Å². The molecule has 0 N–H and O–H groups in total. The molecule has 0 heterocycles. The molecule has 0 unspecified atom stereocenters. The maximum atomic E-state index is 4.43. The van der Waals surface area contributed by atoms with E-state index < -0.39 is 8.07 Å². The van der Waals surface area contributed by atoms with Crippen LogP contribution in [0.5, 0.6) is 0 Å². The van der Waals surface area contributed by atoms with Crippen molar-refractivity contribution >= 4 is 36.3 Å². The highest BCUT2D eigenvalue weighted by molar-refractivity contribution is 7.80. The van der Waals surface area contributed by atoms with Gasteiger partial charge < -0.3 is 0 Å². The van der Waals surface area contributed by atoms with Gasteiger partial charge in [-0.3, -0.25) is 0 Å². The van der Waals surface area contributed by atoms with E-state index in [1.165, 1.54) is 34.4 Å². The van der Waals surface area contributed by atoms with Gasteiger partial charge in [0.1, 0.15) is 8.07 Å². The molecule has 0 bridgehead atoms. The second kappa shape index (κ2) is 8.36. The standard InChI is InChI=1S/C22H24SSi/c23-18-10-11-19-24(20-12-4-1-5-13-20,21-14-6-2-7-15-21)22-16-8-3-9-17-22/h1-9,12-17,23H,10-11,18-19H2. The average Bonchev–Trinajstić information content (AvgIpc) is 2.68. The molecule has 0 aliphatic rings. The first-order valence-electron chi connectivity index (χ1n) is 8.65. The Morgan fingerprint density at radius 3 is 1.25 bits per heavy atom. The zero-order valence-corrected chi connectivity index (χ0v) is 15.8. The molecule has 0 aromatic heterocycles. The summed E-state index contributed by atoms with van der Waals surface area (Å²) >= 11 is 4.43. The predicted octanol–water partition coefficient (Wildman–Crippen LogP) is 3.87. The predicted molar refractivity (Wildman–Crippen MR) is 112 cm³/mol. The Morgan fingerprint density at radius 2 is 0.917 bits per heavy atom. The Bertz CT molecular complexity index is 629. The number of rotatable bonds is 7. The van der Waals surface area contributed by atoms with Gasteiger partial charge >= 0.3 is 0 Å². The summed E-state index contributed by atoms with van der Waals surface area (Å²) in [5.74, 6) is 0.961. The van der Waals surface area contributed by atoms with E-state index in [0.29, 0.717) is 0 Å². The molecule has 0 amide bonds. The Kier molecular flexibility index (Phi) is 5.95. The fraction of sp³-hybridized carbons (Fsp3) is 0.182. The third-order valence-corrected chi connectivity index (χ3v) is 10.1. The van der Waals surface area contributed by atoms with Crippen molar-refractivity contribution < 1.29 is 0 Å². The van der Waals surface area contributed by atoms with E-state index in [1.54, 1.807) is 0 Å². The summed E-state index contributed by atoms with van der Waals surface area (Å²) in [6.45, 7) is 0. The molecule has 3 rings (SSSR count). The second-order valence-corrected chi connectivity index (χ2v) is 10.7. The highest BCUT2D eigenvalue weighted by atomic mass is 32.1. The van der Waals surface area contributed by atoms with Gasteiger partial charge in [0.15, 0.2) is 0 Å². The van der Waals surface area contributed by atoms with Crippen LogP contribution in [0.15, 0.2) is 91.0 Å². The van der Waals surface area contributed by atoms with E-state index in [4.69, 9.17) is 0 Å². The van der Waals surface area contributed by atoms with Crippen molar-refractivity contribution in [1.29, 1.82) is 0 Å². The van der Waals surface area contributed by atoms with Crippen LogP contribution in [0.3, 0.4) is 0 Å². The third-order valence-electron chi connectivity index (χ3n) is 4.76. The van der Waals surface area contributed by atoms with Crippen LogP contribution in [-0.2, 0) is 0 Å². The maximum Gasteiger partial charge on any atom is 0.148 e. The van der Waals surface area contributed by atoms with Crippen LogP contribution in [0.25, 0.3) is 0 Å². The van der Waals surface area contributed by atoms with Crippen LogP contribution >= 0.6 is 12.6 Å². The molecule has 0 atom stereocenters. The summed E-state index contributed by atoms with van der Waals surface area (Å²) in [6.07, 6.45) is 2.39. The quantitative estimate of drug-likeness (QED) is 0.285. The van der Waals surface area contributed by atoms with E-state index in [9.17, 15) is 0 Å². The smallest absolute Gasteiger partial charge is 0.148 e. The minimum atomic E-state index is -2.00. The van der Waals surface area contributed by atoms with Crippen LogP contribution in [0.4, 0.5) is 0 Å². The molecule has 0 aliphatic heterocycles. The van der Waals surface area contributed by atoms with Gasteiger partial charge in [-0.25, -0.2) is 0 Å². The fourth-order valence-corrected chi connectivity index (χ4v) is 8.76. The highest BCUT2D eigenvalue weighted by Gasteiger charge is 2.38. The maximum absolute atomic E-state index is 4.43.